The first kappa shape index (κ1) is 10.4. The topological polar surface area (TPSA) is 64.7 Å². The molecule has 0 aromatic heterocycles. The number of aliphatic hydroxyl groups is 1. The molecule has 0 radical (unpaired) electrons. The maximum Gasteiger partial charge on any atom is 0.111 e. The van der Waals surface area contributed by atoms with Crippen molar-refractivity contribution in [2.45, 2.75) is 6.10 Å². The quantitative estimate of drug-likeness (QED) is 0.389. The standard InChI is InChI=1S/C7H15NO3/c1-2-10-3-4-11-6-7(9)5-8/h2,7,9H,1,3-6,8H2/t7-/m1/s1. The molecule has 66 valence electrons. The van der Waals surface area contributed by atoms with Crippen LogP contribution in [0, 0.1) is 0 Å². The Kier molecular flexibility index (Phi) is 7.13. The Morgan fingerprint density at radius 3 is 2.82 bits per heavy atom. The fourth-order valence-corrected chi connectivity index (χ4v) is 0.478. The van der Waals surface area contributed by atoms with Crippen molar-refractivity contribution < 1.29 is 14.6 Å². The highest BCUT2D eigenvalue weighted by Crippen LogP contribution is 1.83. The molecule has 0 unspecified atom stereocenters. The summed E-state index contributed by atoms with van der Waals surface area (Å²) in [6.07, 6.45) is 0.779. The van der Waals surface area contributed by atoms with E-state index in [0.29, 0.717) is 13.2 Å². The Balaban J connectivity index is 2.95. The Morgan fingerprint density at radius 1 is 1.55 bits per heavy atom. The van der Waals surface area contributed by atoms with Gasteiger partial charge in [-0.2, -0.15) is 0 Å². The van der Waals surface area contributed by atoms with E-state index in [1.165, 1.54) is 6.26 Å². The van der Waals surface area contributed by atoms with Crippen molar-refractivity contribution >= 4 is 0 Å². The number of nitrogens with two attached hydrogens (primary N) is 1. The molecule has 0 spiro atoms. The molecule has 0 heterocycles. The zero-order valence-electron chi connectivity index (χ0n) is 6.53. The molecule has 0 saturated carbocycles. The summed E-state index contributed by atoms with van der Waals surface area (Å²) >= 11 is 0. The van der Waals surface area contributed by atoms with Crippen molar-refractivity contribution in [2.75, 3.05) is 26.4 Å². The van der Waals surface area contributed by atoms with Crippen molar-refractivity contribution in [3.05, 3.63) is 12.8 Å². The van der Waals surface area contributed by atoms with Gasteiger partial charge in [-0.1, -0.05) is 6.58 Å². The van der Waals surface area contributed by atoms with Crippen molar-refractivity contribution in [3.63, 3.8) is 0 Å². The van der Waals surface area contributed by atoms with Crippen LogP contribution in [-0.2, 0) is 9.47 Å². The largest absolute Gasteiger partial charge is 0.499 e. The maximum absolute atomic E-state index is 8.90. The minimum Gasteiger partial charge on any atom is -0.499 e. The van der Waals surface area contributed by atoms with E-state index in [1.807, 2.05) is 0 Å². The average Bonchev–Trinajstić information content (AvgIpc) is 2.04. The third-order valence-electron chi connectivity index (χ3n) is 1.05. The van der Waals surface area contributed by atoms with Gasteiger partial charge in [0.25, 0.3) is 0 Å². The number of rotatable bonds is 7. The molecule has 4 nitrogen and oxygen atoms in total. The highest BCUT2D eigenvalue weighted by molar-refractivity contribution is 4.52. The van der Waals surface area contributed by atoms with Gasteiger partial charge in [0.15, 0.2) is 0 Å². The molecule has 0 amide bonds. The molecule has 4 heteroatoms. The summed E-state index contributed by atoms with van der Waals surface area (Å²) in [6.45, 7) is 4.75. The Morgan fingerprint density at radius 2 is 2.27 bits per heavy atom. The first-order chi connectivity index (χ1) is 5.31. The molecule has 11 heavy (non-hydrogen) atoms. The van der Waals surface area contributed by atoms with Gasteiger partial charge in [-0.25, -0.2) is 0 Å². The smallest absolute Gasteiger partial charge is 0.111 e. The van der Waals surface area contributed by atoms with Crippen LogP contribution in [0.2, 0.25) is 0 Å². The molecule has 0 aromatic carbocycles. The van der Waals surface area contributed by atoms with Crippen LogP contribution in [0.5, 0.6) is 0 Å². The molecule has 0 aromatic rings. The fourth-order valence-electron chi connectivity index (χ4n) is 0.478. The molecule has 3 N–H and O–H groups in total. The lowest BCUT2D eigenvalue weighted by Crippen LogP contribution is -2.25. The lowest BCUT2D eigenvalue weighted by atomic mass is 10.4. The molecular weight excluding hydrogens is 146 g/mol. The maximum atomic E-state index is 8.90. The molecule has 0 aliphatic heterocycles. The van der Waals surface area contributed by atoms with Gasteiger partial charge in [0.05, 0.1) is 25.6 Å². The van der Waals surface area contributed by atoms with E-state index in [1.54, 1.807) is 0 Å². The second-order valence-corrected chi connectivity index (χ2v) is 2.00. The van der Waals surface area contributed by atoms with Crippen molar-refractivity contribution in [3.8, 4) is 0 Å². The zero-order chi connectivity index (χ0) is 8.53. The SMILES string of the molecule is C=COCCOC[C@H](O)CN. The number of ether oxygens (including phenoxy) is 2. The second-order valence-electron chi connectivity index (χ2n) is 2.00. The second kappa shape index (κ2) is 7.53. The minimum atomic E-state index is -0.571. The summed E-state index contributed by atoms with van der Waals surface area (Å²) in [5, 5.41) is 8.90. The van der Waals surface area contributed by atoms with Crippen LogP contribution in [-0.4, -0.2) is 37.6 Å². The summed E-state index contributed by atoms with van der Waals surface area (Å²) in [5.41, 5.74) is 5.14. The normalized spacial score (nSPS) is 12.5. The monoisotopic (exact) mass is 161 g/mol. The molecular formula is C7H15NO3. The van der Waals surface area contributed by atoms with Crippen molar-refractivity contribution in [1.29, 1.82) is 0 Å². The molecule has 1 atom stereocenters. The average molecular weight is 161 g/mol. The van der Waals surface area contributed by atoms with E-state index >= 15 is 0 Å². The van der Waals surface area contributed by atoms with Gasteiger partial charge in [-0.05, 0) is 0 Å². The lowest BCUT2D eigenvalue weighted by molar-refractivity contribution is 0.0227. The van der Waals surface area contributed by atoms with Gasteiger partial charge in [0.2, 0.25) is 0 Å². The third kappa shape index (κ3) is 7.32. The highest BCUT2D eigenvalue weighted by atomic mass is 16.5. The lowest BCUT2D eigenvalue weighted by Gasteiger charge is -2.07. The van der Waals surface area contributed by atoms with Crippen LogP contribution < -0.4 is 5.73 Å². The van der Waals surface area contributed by atoms with E-state index < -0.39 is 6.10 Å². The summed E-state index contributed by atoms with van der Waals surface area (Å²) in [4.78, 5) is 0. The van der Waals surface area contributed by atoms with E-state index in [0.717, 1.165) is 0 Å². The minimum absolute atomic E-state index is 0.225. The highest BCUT2D eigenvalue weighted by Gasteiger charge is 1.98. The molecule has 0 saturated heterocycles. The van der Waals surface area contributed by atoms with Crippen molar-refractivity contribution in [1.82, 2.24) is 0 Å². The molecule has 0 fully saturated rings. The summed E-state index contributed by atoms with van der Waals surface area (Å²) in [6, 6.07) is 0. The summed E-state index contributed by atoms with van der Waals surface area (Å²) in [7, 11) is 0. The van der Waals surface area contributed by atoms with Gasteiger partial charge < -0.3 is 20.3 Å². The Hall–Kier alpha value is -0.580. The molecule has 0 bridgehead atoms. The van der Waals surface area contributed by atoms with E-state index in [9.17, 15) is 0 Å². The van der Waals surface area contributed by atoms with Crippen LogP contribution in [0.3, 0.4) is 0 Å². The summed E-state index contributed by atoms with van der Waals surface area (Å²) in [5.74, 6) is 0. The van der Waals surface area contributed by atoms with Gasteiger partial charge in [-0.3, -0.25) is 0 Å². The van der Waals surface area contributed by atoms with E-state index in [-0.39, 0.29) is 13.2 Å². The van der Waals surface area contributed by atoms with E-state index in [2.05, 4.69) is 6.58 Å². The van der Waals surface area contributed by atoms with Crippen LogP contribution in [0.1, 0.15) is 0 Å². The van der Waals surface area contributed by atoms with Crippen LogP contribution in [0.4, 0.5) is 0 Å². The van der Waals surface area contributed by atoms with Gasteiger partial charge in [0.1, 0.15) is 6.61 Å². The predicted octanol–water partition coefficient (Wildman–Crippen LogP) is -0.517. The Bertz CT molecular complexity index is 97.7. The fraction of sp³-hybridized carbons (Fsp3) is 0.714. The Labute approximate surface area is 66.6 Å². The zero-order valence-corrected chi connectivity index (χ0v) is 6.53. The predicted molar refractivity (Wildman–Crippen MR) is 42.0 cm³/mol. The molecule has 0 rings (SSSR count). The van der Waals surface area contributed by atoms with Crippen LogP contribution >= 0.6 is 0 Å². The molecule has 0 aliphatic carbocycles. The number of hydrogen-bond acceptors (Lipinski definition) is 4. The number of hydrogen-bond donors (Lipinski definition) is 2. The third-order valence-corrected chi connectivity index (χ3v) is 1.05. The van der Waals surface area contributed by atoms with E-state index in [4.69, 9.17) is 20.3 Å². The van der Waals surface area contributed by atoms with Gasteiger partial charge >= 0.3 is 0 Å². The van der Waals surface area contributed by atoms with Gasteiger partial charge in [0, 0.05) is 6.54 Å². The number of aliphatic hydroxyl groups excluding tert-OH is 1. The van der Waals surface area contributed by atoms with Gasteiger partial charge in [-0.15, -0.1) is 0 Å². The van der Waals surface area contributed by atoms with Crippen LogP contribution in [0.25, 0.3) is 0 Å². The van der Waals surface area contributed by atoms with Crippen molar-refractivity contribution in [2.24, 2.45) is 5.73 Å². The van der Waals surface area contributed by atoms with Crippen LogP contribution in [0.15, 0.2) is 12.8 Å². The summed E-state index contributed by atoms with van der Waals surface area (Å²) < 4.78 is 9.76. The first-order valence-corrected chi connectivity index (χ1v) is 3.49. The first-order valence-electron chi connectivity index (χ1n) is 3.49. The molecule has 0 aliphatic rings.